The van der Waals surface area contributed by atoms with Gasteiger partial charge >= 0.3 is 5.97 Å². The van der Waals surface area contributed by atoms with E-state index in [9.17, 15) is 35.1 Å². The Kier molecular flexibility index (Phi) is 14.9. The van der Waals surface area contributed by atoms with Crippen LogP contribution in [0.2, 0.25) is 0 Å². The van der Waals surface area contributed by atoms with Crippen molar-refractivity contribution in [3.63, 3.8) is 0 Å². The summed E-state index contributed by atoms with van der Waals surface area (Å²) in [6.45, 7) is 15.0. The Hall–Kier alpha value is -1.30. The molecule has 0 amide bonds. The van der Waals surface area contributed by atoms with Gasteiger partial charge in [-0.2, -0.15) is 0 Å². The van der Waals surface area contributed by atoms with Crippen molar-refractivity contribution < 1.29 is 63.5 Å². The van der Waals surface area contributed by atoms with E-state index in [1.165, 1.54) is 21.0 Å². The smallest absolute Gasteiger partial charge is 0.311 e. The van der Waals surface area contributed by atoms with E-state index in [-0.39, 0.29) is 31.4 Å². The summed E-state index contributed by atoms with van der Waals surface area (Å²) in [5, 5.41) is 56.8. The van der Waals surface area contributed by atoms with Gasteiger partial charge in [-0.05, 0) is 68.0 Å². The lowest BCUT2D eigenvalue weighted by Crippen LogP contribution is -2.60. The molecule has 0 spiro atoms. The molecule has 50 heavy (non-hydrogen) atoms. The fourth-order valence-electron chi connectivity index (χ4n) is 8.03. The molecule has 3 aliphatic rings. The first kappa shape index (κ1) is 43.1. The van der Waals surface area contributed by atoms with Crippen molar-refractivity contribution >= 4 is 11.8 Å². The fourth-order valence-corrected chi connectivity index (χ4v) is 8.03. The Bertz CT molecular complexity index is 1120. The maximum absolute atomic E-state index is 13.9. The molecule has 14 nitrogen and oxygen atoms in total. The van der Waals surface area contributed by atoms with Crippen LogP contribution in [0, 0.1) is 23.7 Å². The van der Waals surface area contributed by atoms with E-state index in [0.29, 0.717) is 6.42 Å². The maximum atomic E-state index is 13.9. The first-order valence-electron chi connectivity index (χ1n) is 18.1. The molecular formula is C36H65NO13. The third-order valence-electron chi connectivity index (χ3n) is 11.4. The summed E-state index contributed by atoms with van der Waals surface area (Å²) >= 11 is 0. The van der Waals surface area contributed by atoms with Gasteiger partial charge in [0.1, 0.15) is 30.2 Å². The molecule has 0 aromatic carbocycles. The van der Waals surface area contributed by atoms with Crippen molar-refractivity contribution in [3.05, 3.63) is 0 Å². The largest absolute Gasteiger partial charge is 0.459 e. The monoisotopic (exact) mass is 719 g/mol. The van der Waals surface area contributed by atoms with Crippen LogP contribution in [0.3, 0.4) is 0 Å². The van der Waals surface area contributed by atoms with Gasteiger partial charge in [0.2, 0.25) is 0 Å². The van der Waals surface area contributed by atoms with Crippen LogP contribution in [0.15, 0.2) is 0 Å². The Morgan fingerprint density at radius 2 is 1.50 bits per heavy atom. The first-order valence-corrected chi connectivity index (χ1v) is 18.1. The predicted molar refractivity (Wildman–Crippen MR) is 182 cm³/mol. The number of ether oxygens (including phenoxy) is 6. The lowest BCUT2D eigenvalue weighted by molar-refractivity contribution is -0.317. The molecule has 0 aromatic rings. The van der Waals surface area contributed by atoms with Crippen molar-refractivity contribution in [3.8, 4) is 0 Å². The highest BCUT2D eigenvalue weighted by atomic mass is 16.7. The normalized spacial score (nSPS) is 49.0. The number of rotatable bonds is 7. The van der Waals surface area contributed by atoms with Crippen molar-refractivity contribution in [2.45, 2.75) is 173 Å². The fraction of sp³-hybridized carbons (Fsp3) is 0.944. The number of carbonyl (C=O) groups excluding carboxylic acids is 2. The van der Waals surface area contributed by atoms with Crippen LogP contribution < -0.4 is 0 Å². The number of carbonyl (C=O) groups is 2. The van der Waals surface area contributed by atoms with Crippen molar-refractivity contribution in [2.75, 3.05) is 21.2 Å². The van der Waals surface area contributed by atoms with Crippen LogP contribution in [0.4, 0.5) is 0 Å². The van der Waals surface area contributed by atoms with Crippen molar-refractivity contribution in [1.29, 1.82) is 0 Å². The van der Waals surface area contributed by atoms with Gasteiger partial charge in [0.25, 0.3) is 0 Å². The number of aliphatic hydroxyl groups is 5. The summed E-state index contributed by atoms with van der Waals surface area (Å²) < 4.78 is 36.9. The Morgan fingerprint density at radius 3 is 2.06 bits per heavy atom. The van der Waals surface area contributed by atoms with Gasteiger partial charge in [0.05, 0.1) is 47.6 Å². The minimum atomic E-state index is -1.78. The molecular weight excluding hydrogens is 654 g/mol. The van der Waals surface area contributed by atoms with Crippen LogP contribution in [-0.4, -0.2) is 148 Å². The third kappa shape index (κ3) is 9.43. The zero-order valence-electron chi connectivity index (χ0n) is 32.0. The average molecular weight is 720 g/mol. The van der Waals surface area contributed by atoms with Gasteiger partial charge < -0.3 is 58.9 Å². The number of ketones is 1. The van der Waals surface area contributed by atoms with Crippen LogP contribution in [-0.2, 0) is 38.0 Å². The van der Waals surface area contributed by atoms with E-state index >= 15 is 0 Å². The highest BCUT2D eigenvalue weighted by molar-refractivity contribution is 5.83. The number of hydrogen-bond acceptors (Lipinski definition) is 14. The quantitative estimate of drug-likeness (QED) is 0.237. The summed E-state index contributed by atoms with van der Waals surface area (Å²) in [6.07, 6.45) is -11.1. The van der Waals surface area contributed by atoms with Gasteiger partial charge in [-0.3, -0.25) is 9.59 Å². The number of Topliss-reactive ketones (excluding diaryl/α,β-unsaturated/α-hetero) is 1. The Morgan fingerprint density at radius 1 is 0.880 bits per heavy atom. The van der Waals surface area contributed by atoms with E-state index in [0.717, 1.165) is 0 Å². The van der Waals surface area contributed by atoms with Gasteiger partial charge in [0, 0.05) is 37.3 Å². The molecule has 3 rings (SSSR count). The molecule has 14 heteroatoms. The third-order valence-corrected chi connectivity index (χ3v) is 11.4. The molecule has 3 fully saturated rings. The van der Waals surface area contributed by atoms with E-state index < -0.39 is 108 Å². The molecule has 292 valence electrons. The van der Waals surface area contributed by atoms with Crippen molar-refractivity contribution in [1.82, 2.24) is 4.90 Å². The second-order valence-corrected chi connectivity index (χ2v) is 15.8. The standard InChI is InChI=1S/C36H65NO13/c1-13-24-29(41)27(39)19(4)26(38)17(2)15-35(8,44)32(50-34-28(40)23(37(10)11)14-18(3)46-34)20(5)30(21(6)33(43)48-24)49-25-16-36(9,45-12)31(42)22(7)47-25/h17-25,27-32,34,39-42,44H,13-16H2,1-12H3/t17-,18-,19+,20+,21-,22+,23+,24-,25?,27-,28-,29-,30+,31?,32-,34?,35-,36-/m1/s1. The predicted octanol–water partition coefficient (Wildman–Crippen LogP) is 1.40. The van der Waals surface area contributed by atoms with E-state index in [1.807, 2.05) is 25.9 Å². The number of esters is 1. The molecule has 3 heterocycles. The lowest BCUT2D eigenvalue weighted by atomic mass is 9.75. The average Bonchev–Trinajstić information content (AvgIpc) is 3.05. The van der Waals surface area contributed by atoms with Crippen LogP contribution in [0.1, 0.15) is 88.0 Å². The molecule has 3 unspecified atom stereocenters. The number of aliphatic hydroxyl groups excluding tert-OH is 4. The lowest BCUT2D eigenvalue weighted by Gasteiger charge is -2.49. The van der Waals surface area contributed by atoms with Crippen LogP contribution in [0.25, 0.3) is 0 Å². The second-order valence-electron chi connectivity index (χ2n) is 15.8. The van der Waals surface area contributed by atoms with Gasteiger partial charge in [-0.15, -0.1) is 0 Å². The molecule has 3 saturated heterocycles. The minimum Gasteiger partial charge on any atom is -0.459 e. The summed E-state index contributed by atoms with van der Waals surface area (Å²) in [4.78, 5) is 29.5. The molecule has 0 aromatic heterocycles. The zero-order chi connectivity index (χ0) is 38.0. The molecule has 0 bridgehead atoms. The number of nitrogens with zero attached hydrogens (tertiary/aromatic N) is 1. The van der Waals surface area contributed by atoms with E-state index in [1.54, 1.807) is 41.5 Å². The molecule has 0 aliphatic carbocycles. The minimum absolute atomic E-state index is 0.0975. The number of likely N-dealkylation sites (N-methyl/N-ethyl adjacent to an activating group) is 1. The van der Waals surface area contributed by atoms with Crippen LogP contribution in [0.5, 0.6) is 0 Å². The highest BCUT2D eigenvalue weighted by Crippen LogP contribution is 2.40. The second kappa shape index (κ2) is 17.2. The SMILES string of the molecule is CC[C@H]1OC(=O)[C@H](C)[C@@H](OC2C[C@@](C)(OC)C(O)[C@H](C)O2)[C@H](C)[C@@H](OC2O[C@H](C)C[C@H](N(C)C)[C@H]2O)[C@](C)(O)C[C@@H](C)C(=O)[C@H](C)[C@@H](O)[C@@H]1O. The molecule has 18 atom stereocenters. The topological polar surface area (TPSA) is 194 Å². The zero-order valence-corrected chi connectivity index (χ0v) is 32.0. The molecule has 3 aliphatic heterocycles. The first-order chi connectivity index (χ1) is 23.1. The number of hydrogen-bond donors (Lipinski definition) is 5. The molecule has 0 saturated carbocycles. The summed E-state index contributed by atoms with van der Waals surface area (Å²) in [5.74, 6) is -4.89. The summed E-state index contributed by atoms with van der Waals surface area (Å²) in [6, 6.07) is -0.320. The van der Waals surface area contributed by atoms with Crippen molar-refractivity contribution in [2.24, 2.45) is 23.7 Å². The summed E-state index contributed by atoms with van der Waals surface area (Å²) in [7, 11) is 5.17. The van der Waals surface area contributed by atoms with Gasteiger partial charge in [0.15, 0.2) is 12.6 Å². The number of cyclic esters (lactones) is 1. The molecule has 0 radical (unpaired) electrons. The van der Waals surface area contributed by atoms with Gasteiger partial charge in [-0.25, -0.2) is 0 Å². The van der Waals surface area contributed by atoms with E-state index in [4.69, 9.17) is 28.4 Å². The number of methoxy groups -OCH3 is 1. The van der Waals surface area contributed by atoms with Crippen LogP contribution >= 0.6 is 0 Å². The molecule has 5 N–H and O–H groups in total. The Labute approximate surface area is 297 Å². The maximum Gasteiger partial charge on any atom is 0.311 e. The Balaban J connectivity index is 2.16. The summed E-state index contributed by atoms with van der Waals surface area (Å²) in [5.41, 5.74) is -2.83. The van der Waals surface area contributed by atoms with Gasteiger partial charge in [-0.1, -0.05) is 27.7 Å². The van der Waals surface area contributed by atoms with E-state index in [2.05, 4.69) is 0 Å². The highest BCUT2D eigenvalue weighted by Gasteiger charge is 2.52.